The largest absolute Gasteiger partial charge is 0.497 e. The summed E-state index contributed by atoms with van der Waals surface area (Å²) in [7, 11) is 1.54. The highest BCUT2D eigenvalue weighted by Crippen LogP contribution is 2.51. The van der Waals surface area contributed by atoms with Gasteiger partial charge in [0, 0.05) is 22.7 Å². The van der Waals surface area contributed by atoms with Crippen LogP contribution in [0.2, 0.25) is 0 Å². The molecule has 4 aromatic rings. The van der Waals surface area contributed by atoms with Gasteiger partial charge < -0.3 is 9.64 Å². The van der Waals surface area contributed by atoms with Crippen LogP contribution < -0.4 is 15.2 Å². The molecule has 1 aromatic heterocycles. The maximum atomic E-state index is 14.6. The number of aromatic amines is 1. The number of hydrogen-bond acceptors (Lipinski definition) is 5. The fourth-order valence-corrected chi connectivity index (χ4v) is 5.13. The molecule has 2 heterocycles. The number of benzene rings is 3. The summed E-state index contributed by atoms with van der Waals surface area (Å²) in [6.45, 7) is -0.260. The number of aromatic nitrogens is 2. The summed E-state index contributed by atoms with van der Waals surface area (Å²) in [6.07, 6.45) is 1.49. The number of methoxy groups -OCH3 is 1. The summed E-state index contributed by atoms with van der Waals surface area (Å²) < 4.78 is 6.70. The van der Waals surface area contributed by atoms with Crippen molar-refractivity contribution in [3.63, 3.8) is 0 Å². The SMILES string of the molecule is COc1ccc([C@H](C[N+](=O)[O-])[C@@]2(n3ccc(=O)[nH]3)C(=O)N(Cc3ccccc3)c3ccccc32)cc1. The molecule has 0 saturated carbocycles. The molecule has 0 aliphatic carbocycles. The molecule has 1 aliphatic rings. The fourth-order valence-electron chi connectivity index (χ4n) is 5.13. The van der Waals surface area contributed by atoms with Crippen LogP contribution in [0.4, 0.5) is 5.69 Å². The minimum absolute atomic E-state index is 0.276. The van der Waals surface area contributed by atoms with Gasteiger partial charge in [-0.05, 0) is 29.3 Å². The molecule has 5 rings (SSSR count). The Morgan fingerprint density at radius 2 is 1.67 bits per heavy atom. The van der Waals surface area contributed by atoms with Gasteiger partial charge in [-0.25, -0.2) is 0 Å². The number of hydrogen-bond donors (Lipinski definition) is 1. The lowest BCUT2D eigenvalue weighted by molar-refractivity contribution is -0.485. The molecule has 0 unspecified atom stereocenters. The van der Waals surface area contributed by atoms with Gasteiger partial charge in [0.1, 0.15) is 5.75 Å². The van der Waals surface area contributed by atoms with Crippen molar-refractivity contribution in [2.24, 2.45) is 0 Å². The Morgan fingerprint density at radius 3 is 2.31 bits per heavy atom. The predicted octanol–water partition coefficient (Wildman–Crippen LogP) is 3.54. The second-order valence-corrected chi connectivity index (χ2v) is 8.66. The van der Waals surface area contributed by atoms with Crippen LogP contribution in [-0.2, 0) is 16.9 Å². The molecule has 0 saturated heterocycles. The number of carbonyl (C=O) groups is 1. The van der Waals surface area contributed by atoms with Crippen LogP contribution >= 0.6 is 0 Å². The van der Waals surface area contributed by atoms with E-state index in [1.807, 2.05) is 42.5 Å². The van der Waals surface area contributed by atoms with Gasteiger partial charge in [-0.15, -0.1) is 0 Å². The van der Waals surface area contributed by atoms with Crippen LogP contribution in [0.1, 0.15) is 22.6 Å². The number of rotatable bonds is 8. The van der Waals surface area contributed by atoms with Crippen LogP contribution in [0.5, 0.6) is 5.75 Å². The van der Waals surface area contributed by atoms with Crippen LogP contribution in [0.25, 0.3) is 0 Å². The number of amides is 1. The topological polar surface area (TPSA) is 110 Å². The number of nitrogens with one attached hydrogen (secondary N) is 1. The average Bonchev–Trinajstić information content (AvgIpc) is 3.43. The first kappa shape index (κ1) is 23.1. The average molecular weight is 485 g/mol. The Bertz CT molecular complexity index is 1460. The standard InChI is InChI=1S/C27H24N4O5/c1-36-21-13-11-20(12-14-21)23(18-31(34)35)27(30-16-15-25(32)28-30)22-9-5-6-10-24(22)29(26(27)33)17-19-7-3-2-4-8-19/h2-16,23H,17-18H2,1H3,(H,28,32)/t23-,27+/m0/s1. The predicted molar refractivity (Wildman–Crippen MR) is 134 cm³/mol. The lowest BCUT2D eigenvalue weighted by atomic mass is 9.75. The third kappa shape index (κ3) is 3.74. The third-order valence-corrected chi connectivity index (χ3v) is 6.70. The molecule has 9 heteroatoms. The quantitative estimate of drug-likeness (QED) is 0.304. The van der Waals surface area contributed by atoms with Crippen molar-refractivity contribution in [3.8, 4) is 5.75 Å². The molecular weight excluding hydrogens is 460 g/mol. The number of para-hydroxylation sites is 1. The second-order valence-electron chi connectivity index (χ2n) is 8.66. The Kier molecular flexibility index (Phi) is 5.89. The van der Waals surface area contributed by atoms with E-state index in [1.165, 1.54) is 24.1 Å². The molecule has 36 heavy (non-hydrogen) atoms. The summed E-state index contributed by atoms with van der Waals surface area (Å²) in [6, 6.07) is 25.0. The van der Waals surface area contributed by atoms with Gasteiger partial charge >= 0.3 is 0 Å². The number of ether oxygens (including phenoxy) is 1. The van der Waals surface area contributed by atoms with Gasteiger partial charge in [-0.1, -0.05) is 60.7 Å². The highest BCUT2D eigenvalue weighted by atomic mass is 16.6. The van der Waals surface area contributed by atoms with Crippen molar-refractivity contribution in [1.29, 1.82) is 0 Å². The fraction of sp³-hybridized carbons (Fsp3) is 0.185. The molecule has 3 aromatic carbocycles. The number of carbonyl (C=O) groups excluding carboxylic acids is 1. The summed E-state index contributed by atoms with van der Waals surface area (Å²) >= 11 is 0. The van der Waals surface area contributed by atoms with Crippen molar-refractivity contribution < 1.29 is 14.5 Å². The van der Waals surface area contributed by atoms with Crippen molar-refractivity contribution in [3.05, 3.63) is 128 Å². The minimum Gasteiger partial charge on any atom is -0.497 e. The normalized spacial score (nSPS) is 17.6. The second kappa shape index (κ2) is 9.18. The van der Waals surface area contributed by atoms with Crippen LogP contribution in [0.3, 0.4) is 0 Å². The minimum atomic E-state index is -1.59. The van der Waals surface area contributed by atoms with E-state index in [0.29, 0.717) is 22.6 Å². The Morgan fingerprint density at radius 1 is 0.972 bits per heavy atom. The molecule has 0 radical (unpaired) electrons. The molecule has 182 valence electrons. The van der Waals surface area contributed by atoms with E-state index in [2.05, 4.69) is 5.10 Å². The summed E-state index contributed by atoms with van der Waals surface area (Å²) in [5.41, 5.74) is 0.717. The molecule has 1 amide bonds. The first-order chi connectivity index (χ1) is 17.4. The molecular formula is C27H24N4O5. The highest BCUT2D eigenvalue weighted by Gasteiger charge is 2.59. The maximum absolute atomic E-state index is 14.6. The molecule has 1 N–H and O–H groups in total. The van der Waals surface area contributed by atoms with Gasteiger partial charge in [-0.2, -0.15) is 0 Å². The maximum Gasteiger partial charge on any atom is 0.264 e. The molecule has 1 aliphatic heterocycles. The summed E-state index contributed by atoms with van der Waals surface area (Å²) in [5.74, 6) is -0.705. The van der Waals surface area contributed by atoms with Gasteiger partial charge in [0.2, 0.25) is 6.54 Å². The number of anilines is 1. The lowest BCUT2D eigenvalue weighted by Crippen LogP contribution is -2.52. The van der Waals surface area contributed by atoms with E-state index in [4.69, 9.17) is 4.74 Å². The van der Waals surface area contributed by atoms with Crippen molar-refractivity contribution in [2.75, 3.05) is 18.6 Å². The van der Waals surface area contributed by atoms with Crippen LogP contribution in [0, 0.1) is 10.1 Å². The van der Waals surface area contributed by atoms with Crippen LogP contribution in [0.15, 0.2) is 95.9 Å². The first-order valence-electron chi connectivity index (χ1n) is 11.4. The Balaban J connectivity index is 1.77. The number of H-pyrrole nitrogens is 1. The smallest absolute Gasteiger partial charge is 0.264 e. The van der Waals surface area contributed by atoms with Gasteiger partial charge in [0.15, 0.2) is 5.54 Å². The first-order valence-corrected chi connectivity index (χ1v) is 11.4. The van der Waals surface area contributed by atoms with Crippen LogP contribution in [-0.4, -0.2) is 34.3 Å². The van der Waals surface area contributed by atoms with E-state index < -0.39 is 28.5 Å². The molecule has 0 spiro atoms. The Labute approximate surface area is 206 Å². The molecule has 2 atom stereocenters. The monoisotopic (exact) mass is 484 g/mol. The third-order valence-electron chi connectivity index (χ3n) is 6.70. The molecule has 9 nitrogen and oxygen atoms in total. The number of nitrogens with zero attached hydrogens (tertiary/aromatic N) is 3. The Hall–Kier alpha value is -4.66. The molecule has 0 fully saturated rings. The van der Waals surface area contributed by atoms with Crippen molar-refractivity contribution in [1.82, 2.24) is 9.78 Å². The van der Waals surface area contributed by atoms with E-state index in [9.17, 15) is 19.7 Å². The summed E-state index contributed by atoms with van der Waals surface area (Å²) in [4.78, 5) is 40.1. The van der Waals surface area contributed by atoms with Crippen molar-refractivity contribution >= 4 is 11.6 Å². The van der Waals surface area contributed by atoms with Gasteiger partial charge in [0.25, 0.3) is 11.5 Å². The van der Waals surface area contributed by atoms with E-state index in [-0.39, 0.29) is 12.5 Å². The van der Waals surface area contributed by atoms with E-state index >= 15 is 0 Å². The van der Waals surface area contributed by atoms with Gasteiger partial charge in [-0.3, -0.25) is 29.5 Å². The van der Waals surface area contributed by atoms with Gasteiger partial charge in [0.05, 0.1) is 25.3 Å². The zero-order chi connectivity index (χ0) is 25.3. The summed E-state index contributed by atoms with van der Waals surface area (Å²) in [5, 5.41) is 14.7. The number of nitro groups is 1. The zero-order valence-corrected chi connectivity index (χ0v) is 19.5. The van der Waals surface area contributed by atoms with E-state index in [1.54, 1.807) is 41.3 Å². The highest BCUT2D eigenvalue weighted by molar-refractivity contribution is 6.08. The number of fused-ring (bicyclic) bond motifs is 1. The lowest BCUT2D eigenvalue weighted by Gasteiger charge is -2.36. The zero-order valence-electron chi connectivity index (χ0n) is 19.5. The molecule has 0 bridgehead atoms. The van der Waals surface area contributed by atoms with Crippen molar-refractivity contribution in [2.45, 2.75) is 18.0 Å². The van der Waals surface area contributed by atoms with E-state index in [0.717, 1.165) is 5.56 Å².